The zero-order valence-electron chi connectivity index (χ0n) is 13.0. The number of likely N-dealkylation sites (tertiary alicyclic amines) is 1. The Morgan fingerprint density at radius 2 is 2.00 bits per heavy atom. The zero-order valence-corrected chi connectivity index (χ0v) is 13.8. The van der Waals surface area contributed by atoms with Gasteiger partial charge in [0.25, 0.3) is 0 Å². The molecule has 2 heterocycles. The number of β-amino-alcohol motifs (C(OH)–C–C–N with tert-alkyl or cyclic N) is 1. The summed E-state index contributed by atoms with van der Waals surface area (Å²) >= 11 is 5.80. The summed E-state index contributed by atoms with van der Waals surface area (Å²) in [6.45, 7) is 3.24. The lowest BCUT2D eigenvalue weighted by Crippen LogP contribution is -2.37. The van der Waals surface area contributed by atoms with E-state index in [2.05, 4.69) is 39.5 Å². The molecule has 3 rings (SSSR count). The van der Waals surface area contributed by atoms with Gasteiger partial charge in [-0.25, -0.2) is 4.98 Å². The summed E-state index contributed by atoms with van der Waals surface area (Å²) < 4.78 is 0. The van der Waals surface area contributed by atoms with Crippen LogP contribution in [0.25, 0.3) is 0 Å². The number of halogens is 1. The van der Waals surface area contributed by atoms with Gasteiger partial charge in [0.05, 0.1) is 6.10 Å². The van der Waals surface area contributed by atoms with Gasteiger partial charge in [0, 0.05) is 38.4 Å². The Labute approximate surface area is 142 Å². The van der Waals surface area contributed by atoms with Gasteiger partial charge >= 0.3 is 0 Å². The molecule has 0 amide bonds. The number of aliphatic hydroxyl groups is 1. The van der Waals surface area contributed by atoms with E-state index >= 15 is 0 Å². The molecule has 2 unspecified atom stereocenters. The van der Waals surface area contributed by atoms with Crippen LogP contribution in [-0.2, 0) is 13.1 Å². The lowest BCUT2D eigenvalue weighted by molar-refractivity contribution is 0.172. The summed E-state index contributed by atoms with van der Waals surface area (Å²) in [5.74, 6) is 0. The van der Waals surface area contributed by atoms with Crippen molar-refractivity contribution in [1.29, 1.82) is 0 Å². The third-order valence-corrected chi connectivity index (χ3v) is 4.46. The summed E-state index contributed by atoms with van der Waals surface area (Å²) in [4.78, 5) is 6.44. The van der Waals surface area contributed by atoms with Crippen molar-refractivity contribution >= 4 is 11.6 Å². The number of benzene rings is 1. The highest BCUT2D eigenvalue weighted by Crippen LogP contribution is 2.20. The molecule has 0 aliphatic carbocycles. The Morgan fingerprint density at radius 1 is 1.17 bits per heavy atom. The quantitative estimate of drug-likeness (QED) is 0.798. The maximum Gasteiger partial charge on any atom is 0.129 e. The van der Waals surface area contributed by atoms with Crippen LogP contribution in [0, 0.1) is 0 Å². The minimum absolute atomic E-state index is 0.234. The van der Waals surface area contributed by atoms with Crippen LogP contribution in [-0.4, -0.2) is 40.2 Å². The number of nitrogens with one attached hydrogen (secondary N) is 1. The monoisotopic (exact) mass is 331 g/mol. The molecule has 1 saturated heterocycles. The second kappa shape index (κ2) is 7.88. The summed E-state index contributed by atoms with van der Waals surface area (Å²) in [5, 5.41) is 14.0. The van der Waals surface area contributed by atoms with E-state index in [0.717, 1.165) is 38.2 Å². The van der Waals surface area contributed by atoms with Crippen molar-refractivity contribution in [3.8, 4) is 0 Å². The Bertz CT molecular complexity index is 605. The summed E-state index contributed by atoms with van der Waals surface area (Å²) in [5.41, 5.74) is 2.40. The Morgan fingerprint density at radius 3 is 2.74 bits per heavy atom. The third kappa shape index (κ3) is 4.75. The van der Waals surface area contributed by atoms with Gasteiger partial charge in [0.1, 0.15) is 5.15 Å². The molecule has 1 fully saturated rings. The first-order valence-electron chi connectivity index (χ1n) is 7.98. The van der Waals surface area contributed by atoms with Gasteiger partial charge in [-0.2, -0.15) is 0 Å². The summed E-state index contributed by atoms with van der Waals surface area (Å²) in [6, 6.07) is 14.5. The van der Waals surface area contributed by atoms with Gasteiger partial charge < -0.3 is 10.4 Å². The molecule has 2 aromatic rings. The highest BCUT2D eigenvalue weighted by molar-refractivity contribution is 6.29. The van der Waals surface area contributed by atoms with Crippen molar-refractivity contribution in [1.82, 2.24) is 15.2 Å². The zero-order chi connectivity index (χ0) is 16.1. The van der Waals surface area contributed by atoms with E-state index in [1.807, 2.05) is 12.1 Å². The second-order valence-corrected chi connectivity index (χ2v) is 6.47. The molecule has 122 valence electrons. The van der Waals surface area contributed by atoms with Crippen molar-refractivity contribution in [2.75, 3.05) is 13.1 Å². The van der Waals surface area contributed by atoms with E-state index in [1.54, 1.807) is 12.3 Å². The average Bonchev–Trinajstić information content (AvgIpc) is 2.90. The van der Waals surface area contributed by atoms with Gasteiger partial charge in [-0.1, -0.05) is 48.0 Å². The Hall–Kier alpha value is -1.46. The smallest absolute Gasteiger partial charge is 0.129 e. The van der Waals surface area contributed by atoms with Gasteiger partial charge in [-0.05, 0) is 23.6 Å². The lowest BCUT2D eigenvalue weighted by Gasteiger charge is -2.24. The van der Waals surface area contributed by atoms with Crippen LogP contribution in [0.15, 0.2) is 48.7 Å². The minimum atomic E-state index is -0.234. The van der Waals surface area contributed by atoms with E-state index in [1.165, 1.54) is 5.56 Å². The molecule has 1 aliphatic rings. The molecule has 2 atom stereocenters. The topological polar surface area (TPSA) is 48.4 Å². The standard InChI is InChI=1S/C18H22ClN3O/c19-18-7-6-15(10-21-18)9-20-11-16-8-17(23)13-22(16)12-14-4-2-1-3-5-14/h1-7,10,16-17,20,23H,8-9,11-13H2. The fraction of sp³-hybridized carbons (Fsp3) is 0.389. The maximum absolute atomic E-state index is 10.0. The van der Waals surface area contributed by atoms with Crippen LogP contribution < -0.4 is 5.32 Å². The molecule has 23 heavy (non-hydrogen) atoms. The number of hydrogen-bond donors (Lipinski definition) is 2. The average molecular weight is 332 g/mol. The second-order valence-electron chi connectivity index (χ2n) is 6.08. The SMILES string of the molecule is OC1CC(CNCc2ccc(Cl)nc2)N(Cc2ccccc2)C1. The predicted octanol–water partition coefficient (Wildman–Crippen LogP) is 2.46. The van der Waals surface area contributed by atoms with Crippen LogP contribution in [0.3, 0.4) is 0 Å². The molecule has 0 bridgehead atoms. The van der Waals surface area contributed by atoms with E-state index < -0.39 is 0 Å². The van der Waals surface area contributed by atoms with Crippen LogP contribution >= 0.6 is 11.6 Å². The first-order chi connectivity index (χ1) is 11.2. The number of pyridine rings is 1. The fourth-order valence-corrected chi connectivity index (χ4v) is 3.19. The number of nitrogens with zero attached hydrogens (tertiary/aromatic N) is 2. The first-order valence-corrected chi connectivity index (χ1v) is 8.35. The van der Waals surface area contributed by atoms with Crippen molar-refractivity contribution in [3.05, 3.63) is 64.9 Å². The van der Waals surface area contributed by atoms with Gasteiger partial charge in [-0.15, -0.1) is 0 Å². The number of rotatable bonds is 6. The maximum atomic E-state index is 10.0. The van der Waals surface area contributed by atoms with E-state index in [9.17, 15) is 5.11 Å². The summed E-state index contributed by atoms with van der Waals surface area (Å²) in [7, 11) is 0. The molecule has 0 saturated carbocycles. The van der Waals surface area contributed by atoms with Crippen LogP contribution in [0.1, 0.15) is 17.5 Å². The number of aliphatic hydroxyl groups excluding tert-OH is 1. The lowest BCUT2D eigenvalue weighted by atomic mass is 10.1. The molecular weight excluding hydrogens is 310 g/mol. The molecule has 0 radical (unpaired) electrons. The Balaban J connectivity index is 1.52. The molecule has 1 aromatic heterocycles. The number of hydrogen-bond acceptors (Lipinski definition) is 4. The molecule has 5 heteroatoms. The third-order valence-electron chi connectivity index (χ3n) is 4.23. The van der Waals surface area contributed by atoms with Crippen molar-refractivity contribution < 1.29 is 5.11 Å². The molecule has 1 aliphatic heterocycles. The highest BCUT2D eigenvalue weighted by Gasteiger charge is 2.30. The first kappa shape index (κ1) is 16.4. The molecule has 4 nitrogen and oxygen atoms in total. The van der Waals surface area contributed by atoms with Crippen molar-refractivity contribution in [3.63, 3.8) is 0 Å². The van der Waals surface area contributed by atoms with E-state index in [-0.39, 0.29) is 6.10 Å². The number of aromatic nitrogens is 1. The molecular formula is C18H22ClN3O. The van der Waals surface area contributed by atoms with Crippen LogP contribution in [0.5, 0.6) is 0 Å². The van der Waals surface area contributed by atoms with Crippen LogP contribution in [0.4, 0.5) is 0 Å². The van der Waals surface area contributed by atoms with Crippen molar-refractivity contribution in [2.24, 2.45) is 0 Å². The van der Waals surface area contributed by atoms with E-state index in [0.29, 0.717) is 11.2 Å². The van der Waals surface area contributed by atoms with Crippen molar-refractivity contribution in [2.45, 2.75) is 31.7 Å². The molecule has 0 spiro atoms. The Kier molecular flexibility index (Phi) is 5.62. The fourth-order valence-electron chi connectivity index (χ4n) is 3.08. The van der Waals surface area contributed by atoms with Gasteiger partial charge in [-0.3, -0.25) is 4.90 Å². The van der Waals surface area contributed by atoms with Gasteiger partial charge in [0.15, 0.2) is 0 Å². The normalized spacial score (nSPS) is 21.7. The highest BCUT2D eigenvalue weighted by atomic mass is 35.5. The van der Waals surface area contributed by atoms with Crippen LogP contribution in [0.2, 0.25) is 5.15 Å². The van der Waals surface area contributed by atoms with E-state index in [4.69, 9.17) is 11.6 Å². The van der Waals surface area contributed by atoms with Gasteiger partial charge in [0.2, 0.25) is 0 Å². The summed E-state index contributed by atoms with van der Waals surface area (Å²) in [6.07, 6.45) is 2.38. The predicted molar refractivity (Wildman–Crippen MR) is 92.2 cm³/mol. The largest absolute Gasteiger partial charge is 0.392 e. The minimum Gasteiger partial charge on any atom is -0.392 e. The molecule has 2 N–H and O–H groups in total. The molecule has 1 aromatic carbocycles.